The summed E-state index contributed by atoms with van der Waals surface area (Å²) in [4.78, 5) is 0. The van der Waals surface area contributed by atoms with Crippen LogP contribution in [0, 0.1) is 11.6 Å². The molecule has 0 aliphatic carbocycles. The highest BCUT2D eigenvalue weighted by molar-refractivity contribution is 9.10. The van der Waals surface area contributed by atoms with E-state index in [-0.39, 0.29) is 22.7 Å². The highest BCUT2D eigenvalue weighted by Crippen LogP contribution is 2.22. The normalized spacial score (nSPS) is 12.8. The Morgan fingerprint density at radius 3 is 2.71 bits per heavy atom. The topological polar surface area (TPSA) is 18.5 Å². The second kappa shape index (κ2) is 7.03. The van der Waals surface area contributed by atoms with Crippen molar-refractivity contribution < 1.29 is 18.3 Å². The predicted molar refractivity (Wildman–Crippen MR) is 64.8 cm³/mol. The molecule has 0 saturated heterocycles. The summed E-state index contributed by atoms with van der Waals surface area (Å²) in [6.45, 7) is 4.57. The van der Waals surface area contributed by atoms with Crippen LogP contribution in [-0.4, -0.2) is 19.3 Å². The van der Waals surface area contributed by atoms with Crippen LogP contribution in [0.1, 0.15) is 19.4 Å². The molecule has 0 bridgehead atoms. The number of rotatable bonds is 6. The molecule has 0 amide bonds. The molecule has 1 aromatic carbocycles. The van der Waals surface area contributed by atoms with Gasteiger partial charge in [-0.05, 0) is 41.9 Å². The second-order valence-corrected chi connectivity index (χ2v) is 4.46. The molecule has 0 spiro atoms. The smallest absolute Gasteiger partial charge is 0.145 e. The summed E-state index contributed by atoms with van der Waals surface area (Å²) in [5.41, 5.74) is -0.0669. The van der Waals surface area contributed by atoms with Gasteiger partial charge in [0.2, 0.25) is 0 Å². The molecule has 5 heteroatoms. The van der Waals surface area contributed by atoms with Crippen LogP contribution in [0.2, 0.25) is 0 Å². The maximum atomic E-state index is 13.6. The molecule has 0 aromatic heterocycles. The van der Waals surface area contributed by atoms with Gasteiger partial charge in [0.25, 0.3) is 0 Å². The van der Waals surface area contributed by atoms with Gasteiger partial charge in [-0.3, -0.25) is 0 Å². The van der Waals surface area contributed by atoms with Crippen LogP contribution in [0.5, 0.6) is 0 Å². The molecule has 1 atom stereocenters. The number of halogens is 3. The molecule has 1 unspecified atom stereocenters. The maximum absolute atomic E-state index is 13.6. The van der Waals surface area contributed by atoms with E-state index in [2.05, 4.69) is 15.9 Å². The predicted octanol–water partition coefficient (Wildman–Crippen LogP) is 3.67. The van der Waals surface area contributed by atoms with E-state index in [9.17, 15) is 8.78 Å². The zero-order chi connectivity index (χ0) is 12.8. The highest BCUT2D eigenvalue weighted by atomic mass is 79.9. The van der Waals surface area contributed by atoms with Crippen molar-refractivity contribution >= 4 is 15.9 Å². The maximum Gasteiger partial charge on any atom is 0.145 e. The molecule has 0 fully saturated rings. The van der Waals surface area contributed by atoms with E-state index in [4.69, 9.17) is 9.47 Å². The minimum Gasteiger partial charge on any atom is -0.379 e. The van der Waals surface area contributed by atoms with Gasteiger partial charge < -0.3 is 9.47 Å². The van der Waals surface area contributed by atoms with Crippen molar-refractivity contribution in [3.63, 3.8) is 0 Å². The summed E-state index contributed by atoms with van der Waals surface area (Å²) in [5.74, 6) is -1.22. The lowest BCUT2D eigenvalue weighted by atomic mass is 10.2. The molecule has 17 heavy (non-hydrogen) atoms. The molecule has 1 rings (SSSR count). The third-order valence-electron chi connectivity index (χ3n) is 2.21. The molecular formula is C12H15BrF2O2. The average molecular weight is 309 g/mol. The number of ether oxygens (including phenoxy) is 2. The molecule has 2 nitrogen and oxygen atoms in total. The molecule has 1 aromatic rings. The summed E-state index contributed by atoms with van der Waals surface area (Å²) >= 11 is 3.01. The molecule has 0 heterocycles. The lowest BCUT2D eigenvalue weighted by molar-refractivity contribution is -0.0134. The SMILES string of the molecule is CCOCC(C)OCc1c(F)ccc(Br)c1F. The van der Waals surface area contributed by atoms with Crippen LogP contribution in [0.15, 0.2) is 16.6 Å². The Bertz CT molecular complexity index is 372. The third-order valence-corrected chi connectivity index (χ3v) is 2.82. The van der Waals surface area contributed by atoms with Gasteiger partial charge in [0.05, 0.1) is 29.4 Å². The fourth-order valence-corrected chi connectivity index (χ4v) is 1.63. The van der Waals surface area contributed by atoms with Crippen molar-refractivity contribution in [2.45, 2.75) is 26.6 Å². The summed E-state index contributed by atoms with van der Waals surface area (Å²) in [7, 11) is 0. The summed E-state index contributed by atoms with van der Waals surface area (Å²) < 4.78 is 37.6. The zero-order valence-electron chi connectivity index (χ0n) is 9.80. The lowest BCUT2D eigenvalue weighted by Gasteiger charge is -2.14. The van der Waals surface area contributed by atoms with E-state index in [1.54, 1.807) is 6.92 Å². The van der Waals surface area contributed by atoms with Crippen molar-refractivity contribution in [3.8, 4) is 0 Å². The van der Waals surface area contributed by atoms with Crippen molar-refractivity contribution in [2.75, 3.05) is 13.2 Å². The van der Waals surface area contributed by atoms with Gasteiger partial charge in [0.15, 0.2) is 0 Å². The van der Waals surface area contributed by atoms with Gasteiger partial charge in [-0.15, -0.1) is 0 Å². The Hall–Kier alpha value is -0.520. The summed E-state index contributed by atoms with van der Waals surface area (Å²) in [6.07, 6.45) is -0.201. The molecular weight excluding hydrogens is 294 g/mol. The van der Waals surface area contributed by atoms with E-state index < -0.39 is 11.6 Å². The molecule has 0 N–H and O–H groups in total. The first-order valence-electron chi connectivity index (χ1n) is 5.38. The fourth-order valence-electron chi connectivity index (χ4n) is 1.26. The van der Waals surface area contributed by atoms with Crippen LogP contribution in [0.4, 0.5) is 8.78 Å². The van der Waals surface area contributed by atoms with Gasteiger partial charge in [-0.1, -0.05) is 0 Å². The first kappa shape index (κ1) is 14.5. The minimum absolute atomic E-state index is 0.0669. The first-order valence-corrected chi connectivity index (χ1v) is 6.17. The Balaban J connectivity index is 2.60. The van der Waals surface area contributed by atoms with Gasteiger partial charge >= 0.3 is 0 Å². The lowest BCUT2D eigenvalue weighted by Crippen LogP contribution is -2.16. The Morgan fingerprint density at radius 1 is 1.35 bits per heavy atom. The first-order chi connectivity index (χ1) is 8.06. The van der Waals surface area contributed by atoms with E-state index in [0.717, 1.165) is 0 Å². The monoisotopic (exact) mass is 308 g/mol. The van der Waals surface area contributed by atoms with Crippen LogP contribution in [0.3, 0.4) is 0 Å². The molecule has 0 aliphatic rings. The van der Waals surface area contributed by atoms with Crippen LogP contribution >= 0.6 is 15.9 Å². The zero-order valence-corrected chi connectivity index (χ0v) is 11.4. The average Bonchev–Trinajstić information content (AvgIpc) is 2.31. The van der Waals surface area contributed by atoms with E-state index in [0.29, 0.717) is 13.2 Å². The number of hydrogen-bond acceptors (Lipinski definition) is 2. The van der Waals surface area contributed by atoms with Gasteiger partial charge in [-0.25, -0.2) is 8.78 Å². The Morgan fingerprint density at radius 2 is 2.06 bits per heavy atom. The van der Waals surface area contributed by atoms with Gasteiger partial charge in [0.1, 0.15) is 11.6 Å². The second-order valence-electron chi connectivity index (χ2n) is 3.60. The van der Waals surface area contributed by atoms with Crippen molar-refractivity contribution in [1.82, 2.24) is 0 Å². The standard InChI is InChI=1S/C12H15BrF2O2/c1-3-16-6-8(2)17-7-9-11(14)5-4-10(13)12(9)15/h4-5,8H,3,6-7H2,1-2H3. The van der Waals surface area contributed by atoms with Crippen molar-refractivity contribution in [1.29, 1.82) is 0 Å². The van der Waals surface area contributed by atoms with Crippen LogP contribution in [0.25, 0.3) is 0 Å². The quantitative estimate of drug-likeness (QED) is 0.747. The summed E-state index contributed by atoms with van der Waals surface area (Å²) in [6, 6.07) is 2.54. The van der Waals surface area contributed by atoms with Crippen LogP contribution in [-0.2, 0) is 16.1 Å². The van der Waals surface area contributed by atoms with Gasteiger partial charge in [0, 0.05) is 6.61 Å². The fraction of sp³-hybridized carbons (Fsp3) is 0.500. The number of benzene rings is 1. The van der Waals surface area contributed by atoms with Gasteiger partial charge in [-0.2, -0.15) is 0 Å². The minimum atomic E-state index is -0.617. The molecule has 0 saturated carbocycles. The molecule has 96 valence electrons. The van der Waals surface area contributed by atoms with Crippen molar-refractivity contribution in [3.05, 3.63) is 33.8 Å². The molecule has 0 aliphatic heterocycles. The van der Waals surface area contributed by atoms with Crippen molar-refractivity contribution in [2.24, 2.45) is 0 Å². The third kappa shape index (κ3) is 4.33. The van der Waals surface area contributed by atoms with Crippen LogP contribution < -0.4 is 0 Å². The molecule has 0 radical (unpaired) electrons. The largest absolute Gasteiger partial charge is 0.379 e. The van der Waals surface area contributed by atoms with E-state index >= 15 is 0 Å². The van der Waals surface area contributed by atoms with E-state index in [1.165, 1.54) is 12.1 Å². The van der Waals surface area contributed by atoms with E-state index in [1.807, 2.05) is 6.92 Å². The Kier molecular flexibility index (Phi) is 6.02. The summed E-state index contributed by atoms with van der Waals surface area (Å²) in [5, 5.41) is 0. The number of hydrogen-bond donors (Lipinski definition) is 0. The highest BCUT2D eigenvalue weighted by Gasteiger charge is 2.13. The Labute approximate surface area is 108 Å².